The summed E-state index contributed by atoms with van der Waals surface area (Å²) in [6.45, 7) is 4.66. The molecule has 1 unspecified atom stereocenters. The van der Waals surface area contributed by atoms with Crippen molar-refractivity contribution in [2.45, 2.75) is 32.4 Å². The summed E-state index contributed by atoms with van der Waals surface area (Å²) >= 11 is 0. The van der Waals surface area contributed by atoms with Crippen LogP contribution >= 0.6 is 0 Å². The summed E-state index contributed by atoms with van der Waals surface area (Å²) < 4.78 is 15.1. The Hall–Kier alpha value is -2.61. The third-order valence-electron chi connectivity index (χ3n) is 2.84. The van der Waals surface area contributed by atoms with E-state index < -0.39 is 30.3 Å². The summed E-state index contributed by atoms with van der Waals surface area (Å²) in [5.41, 5.74) is -0.366. The van der Waals surface area contributed by atoms with Crippen molar-refractivity contribution in [3.05, 3.63) is 29.8 Å². The largest absolute Gasteiger partial charge is 0.482 e. The molecule has 0 heterocycles. The van der Waals surface area contributed by atoms with Crippen molar-refractivity contribution in [2.75, 3.05) is 20.3 Å². The van der Waals surface area contributed by atoms with Gasteiger partial charge in [0.15, 0.2) is 12.4 Å². The van der Waals surface area contributed by atoms with Crippen LogP contribution in [0.1, 0.15) is 31.1 Å². The van der Waals surface area contributed by atoms with Crippen molar-refractivity contribution in [1.82, 2.24) is 5.32 Å². The van der Waals surface area contributed by atoms with Crippen LogP contribution in [0, 0.1) is 0 Å². The van der Waals surface area contributed by atoms with Gasteiger partial charge in [0.25, 0.3) is 0 Å². The van der Waals surface area contributed by atoms with Gasteiger partial charge in [-0.15, -0.1) is 0 Å². The first-order chi connectivity index (χ1) is 11.6. The first-order valence-electron chi connectivity index (χ1n) is 7.59. The van der Waals surface area contributed by atoms with Gasteiger partial charge in [0, 0.05) is 12.7 Å². The molecule has 0 fully saturated rings. The van der Waals surface area contributed by atoms with Gasteiger partial charge in [-0.1, -0.05) is 0 Å². The van der Waals surface area contributed by atoms with Crippen LogP contribution in [0.25, 0.3) is 0 Å². The molecule has 25 heavy (non-hydrogen) atoms. The summed E-state index contributed by atoms with van der Waals surface area (Å²) in [7, 11) is 1.42. The Morgan fingerprint density at radius 1 is 1.16 bits per heavy atom. The van der Waals surface area contributed by atoms with Gasteiger partial charge in [0.05, 0.1) is 6.61 Å². The minimum atomic E-state index is -1.10. The van der Waals surface area contributed by atoms with Crippen molar-refractivity contribution in [3.8, 4) is 5.75 Å². The van der Waals surface area contributed by atoms with E-state index in [1.807, 2.05) is 0 Å². The summed E-state index contributed by atoms with van der Waals surface area (Å²) in [6.07, 6.45) is -0.718. The zero-order chi connectivity index (χ0) is 19.0. The molecule has 0 saturated carbocycles. The number of Topliss-reactive ketones (excluding diaryl/α,β-unsaturated/α-hetero) is 1. The molecule has 0 radical (unpaired) electrons. The second kappa shape index (κ2) is 9.03. The Bertz CT molecular complexity index is 604. The molecular formula is C17H23NO7. The first kappa shape index (κ1) is 20.4. The Morgan fingerprint density at radius 3 is 2.24 bits per heavy atom. The molecule has 1 amide bonds. The molecular weight excluding hydrogens is 330 g/mol. The predicted octanol–water partition coefficient (Wildman–Crippen LogP) is 1.87. The molecule has 0 bridgehead atoms. The number of carboxylic acid groups (broad SMARTS) is 1. The number of nitrogens with one attached hydrogen (secondary N) is 1. The van der Waals surface area contributed by atoms with Crippen LogP contribution in [0.5, 0.6) is 5.75 Å². The number of rotatable bonds is 8. The molecule has 8 heteroatoms. The number of alkyl carbamates (subject to hydrolysis) is 1. The molecule has 0 spiro atoms. The molecule has 0 aromatic heterocycles. The van der Waals surface area contributed by atoms with Crippen molar-refractivity contribution in [3.63, 3.8) is 0 Å². The lowest BCUT2D eigenvalue weighted by Gasteiger charge is -2.22. The maximum Gasteiger partial charge on any atom is 0.408 e. The maximum absolute atomic E-state index is 12.5. The predicted molar refractivity (Wildman–Crippen MR) is 88.9 cm³/mol. The molecule has 0 aliphatic rings. The van der Waals surface area contributed by atoms with E-state index in [9.17, 15) is 14.4 Å². The maximum atomic E-state index is 12.5. The van der Waals surface area contributed by atoms with Crippen molar-refractivity contribution in [1.29, 1.82) is 0 Å². The van der Waals surface area contributed by atoms with Gasteiger partial charge in [-0.25, -0.2) is 9.59 Å². The van der Waals surface area contributed by atoms with Gasteiger partial charge < -0.3 is 24.6 Å². The molecule has 0 saturated heterocycles. The van der Waals surface area contributed by atoms with Gasteiger partial charge in [-0.3, -0.25) is 4.79 Å². The van der Waals surface area contributed by atoms with Crippen molar-refractivity contribution < 1.29 is 33.7 Å². The highest BCUT2D eigenvalue weighted by atomic mass is 16.6. The van der Waals surface area contributed by atoms with E-state index in [0.29, 0.717) is 11.3 Å². The van der Waals surface area contributed by atoms with Crippen LogP contribution in [0.4, 0.5) is 4.79 Å². The average molecular weight is 353 g/mol. The Balaban J connectivity index is 2.77. The topological polar surface area (TPSA) is 111 Å². The number of carboxylic acids is 1. The summed E-state index contributed by atoms with van der Waals surface area (Å²) in [4.78, 5) is 34.9. The van der Waals surface area contributed by atoms with E-state index >= 15 is 0 Å². The van der Waals surface area contributed by atoms with E-state index in [-0.39, 0.29) is 12.4 Å². The molecule has 1 aromatic rings. The lowest BCUT2D eigenvalue weighted by Crippen LogP contribution is -2.46. The van der Waals surface area contributed by atoms with Crippen LogP contribution in [-0.4, -0.2) is 54.9 Å². The fourth-order valence-electron chi connectivity index (χ4n) is 1.86. The zero-order valence-electron chi connectivity index (χ0n) is 14.7. The number of carbonyl (C=O) groups is 3. The van der Waals surface area contributed by atoms with Crippen molar-refractivity contribution >= 4 is 17.8 Å². The number of hydrogen-bond donors (Lipinski definition) is 2. The summed E-state index contributed by atoms with van der Waals surface area (Å²) in [5.74, 6) is -1.14. The zero-order valence-corrected chi connectivity index (χ0v) is 14.7. The number of ketones is 1. The number of ether oxygens (including phenoxy) is 3. The fraction of sp³-hybridized carbons (Fsp3) is 0.471. The molecule has 0 aliphatic carbocycles. The number of amides is 1. The fourth-order valence-corrected chi connectivity index (χ4v) is 1.86. The van der Waals surface area contributed by atoms with Gasteiger partial charge in [0.2, 0.25) is 0 Å². The van der Waals surface area contributed by atoms with Crippen molar-refractivity contribution in [2.24, 2.45) is 0 Å². The van der Waals surface area contributed by atoms with Crippen LogP contribution in [-0.2, 0) is 14.3 Å². The lowest BCUT2D eigenvalue weighted by molar-refractivity contribution is -0.139. The van der Waals surface area contributed by atoms with Crippen LogP contribution in [0.15, 0.2) is 24.3 Å². The van der Waals surface area contributed by atoms with E-state index in [1.54, 1.807) is 20.8 Å². The molecule has 1 rings (SSSR count). The Labute approximate surface area is 146 Å². The highest BCUT2D eigenvalue weighted by molar-refractivity contribution is 6.01. The van der Waals surface area contributed by atoms with E-state index in [2.05, 4.69) is 5.32 Å². The third-order valence-corrected chi connectivity index (χ3v) is 2.84. The van der Waals surface area contributed by atoms with E-state index in [0.717, 1.165) is 0 Å². The number of aliphatic carboxylic acids is 1. The molecule has 1 atom stereocenters. The molecule has 2 N–H and O–H groups in total. The minimum Gasteiger partial charge on any atom is -0.482 e. The number of methoxy groups -OCH3 is 1. The summed E-state index contributed by atoms with van der Waals surface area (Å²) in [6, 6.07) is 5.02. The van der Waals surface area contributed by atoms with E-state index in [4.69, 9.17) is 19.3 Å². The molecule has 0 aliphatic heterocycles. The van der Waals surface area contributed by atoms with E-state index in [1.165, 1.54) is 31.4 Å². The van der Waals surface area contributed by atoms with Crippen LogP contribution < -0.4 is 10.1 Å². The third kappa shape index (κ3) is 7.67. The minimum absolute atomic E-state index is 0.0185. The van der Waals surface area contributed by atoms with Crippen LogP contribution in [0.3, 0.4) is 0 Å². The Kier molecular flexibility index (Phi) is 7.38. The van der Waals surface area contributed by atoms with Crippen LogP contribution in [0.2, 0.25) is 0 Å². The average Bonchev–Trinajstić information content (AvgIpc) is 2.50. The highest BCUT2D eigenvalue weighted by Crippen LogP contribution is 2.14. The monoisotopic (exact) mass is 353 g/mol. The van der Waals surface area contributed by atoms with Gasteiger partial charge in [-0.2, -0.15) is 0 Å². The first-order valence-corrected chi connectivity index (χ1v) is 7.59. The SMILES string of the molecule is COCC(NC(=O)OC(C)(C)C)C(=O)c1ccc(OCC(=O)O)cc1. The highest BCUT2D eigenvalue weighted by Gasteiger charge is 2.25. The molecule has 1 aromatic carbocycles. The summed E-state index contributed by atoms with van der Waals surface area (Å²) in [5, 5.41) is 11.1. The lowest BCUT2D eigenvalue weighted by atomic mass is 10.0. The molecule has 138 valence electrons. The van der Waals surface area contributed by atoms with Gasteiger partial charge in [0.1, 0.15) is 17.4 Å². The number of benzene rings is 1. The standard InChI is InChI=1S/C17H23NO7/c1-17(2,3)25-16(22)18-13(9-23-4)15(21)11-5-7-12(8-6-11)24-10-14(19)20/h5-8,13H,9-10H2,1-4H3,(H,18,22)(H,19,20). The van der Waals surface area contributed by atoms with Gasteiger partial charge >= 0.3 is 12.1 Å². The number of hydrogen-bond acceptors (Lipinski definition) is 6. The van der Waals surface area contributed by atoms with Gasteiger partial charge in [-0.05, 0) is 45.0 Å². The normalized spacial score (nSPS) is 12.2. The number of carbonyl (C=O) groups excluding carboxylic acids is 2. The second-order valence-corrected chi connectivity index (χ2v) is 6.23. The second-order valence-electron chi connectivity index (χ2n) is 6.23. The quantitative estimate of drug-likeness (QED) is 0.686. The molecule has 8 nitrogen and oxygen atoms in total. The smallest absolute Gasteiger partial charge is 0.408 e. The Morgan fingerprint density at radius 2 is 1.76 bits per heavy atom.